The lowest BCUT2D eigenvalue weighted by molar-refractivity contribution is -0.111. The summed E-state index contributed by atoms with van der Waals surface area (Å²) in [5.74, 6) is 1.01. The van der Waals surface area contributed by atoms with E-state index in [1.807, 2.05) is 30.3 Å². The maximum atomic E-state index is 11.7. The molecule has 182 valence electrons. The van der Waals surface area contributed by atoms with Crippen LogP contribution >= 0.6 is 0 Å². The predicted molar refractivity (Wildman–Crippen MR) is 140 cm³/mol. The van der Waals surface area contributed by atoms with E-state index < -0.39 is 0 Å². The van der Waals surface area contributed by atoms with Crippen molar-refractivity contribution in [1.82, 2.24) is 19.9 Å². The van der Waals surface area contributed by atoms with Gasteiger partial charge in [0.2, 0.25) is 11.9 Å². The Kier molecular flexibility index (Phi) is 6.78. The van der Waals surface area contributed by atoms with Gasteiger partial charge in [-0.05, 0) is 30.3 Å². The lowest BCUT2D eigenvalue weighted by Crippen LogP contribution is -2.49. The highest BCUT2D eigenvalue weighted by molar-refractivity contribution is 5.99. The first-order valence-corrected chi connectivity index (χ1v) is 11.6. The number of fused-ring (bicyclic) bond motifs is 1. The van der Waals surface area contributed by atoms with Crippen LogP contribution in [0.2, 0.25) is 0 Å². The zero-order chi connectivity index (χ0) is 24.9. The van der Waals surface area contributed by atoms with Crippen molar-refractivity contribution >= 4 is 40.0 Å². The van der Waals surface area contributed by atoms with E-state index in [2.05, 4.69) is 37.1 Å². The van der Waals surface area contributed by atoms with Gasteiger partial charge >= 0.3 is 0 Å². The van der Waals surface area contributed by atoms with Gasteiger partial charge in [-0.2, -0.15) is 0 Å². The molecule has 0 saturated carbocycles. The van der Waals surface area contributed by atoms with E-state index in [9.17, 15) is 4.79 Å². The molecule has 10 nitrogen and oxygen atoms in total. The second-order valence-corrected chi connectivity index (χ2v) is 8.25. The van der Waals surface area contributed by atoms with Gasteiger partial charge in [0.05, 0.1) is 42.4 Å². The van der Waals surface area contributed by atoms with Crippen LogP contribution in [0.3, 0.4) is 0 Å². The van der Waals surface area contributed by atoms with E-state index in [0.717, 1.165) is 34.5 Å². The Labute approximate surface area is 208 Å². The van der Waals surface area contributed by atoms with Crippen LogP contribution in [0, 0.1) is 0 Å². The van der Waals surface area contributed by atoms with Crippen LogP contribution in [0.1, 0.15) is 0 Å². The molecule has 36 heavy (non-hydrogen) atoms. The van der Waals surface area contributed by atoms with Gasteiger partial charge in [-0.25, -0.2) is 15.0 Å². The Balaban J connectivity index is 1.40. The molecule has 4 heterocycles. The van der Waals surface area contributed by atoms with E-state index in [0.29, 0.717) is 37.1 Å². The second kappa shape index (κ2) is 10.5. The number of morpholine rings is 1. The Morgan fingerprint density at radius 1 is 1.17 bits per heavy atom. The van der Waals surface area contributed by atoms with Gasteiger partial charge in [0.1, 0.15) is 5.82 Å². The Morgan fingerprint density at radius 3 is 2.89 bits per heavy atom. The number of benzene rings is 1. The molecule has 0 radical (unpaired) electrons. The van der Waals surface area contributed by atoms with Gasteiger partial charge < -0.3 is 26.0 Å². The smallest absolute Gasteiger partial charge is 0.247 e. The highest BCUT2D eigenvalue weighted by Gasteiger charge is 2.22. The van der Waals surface area contributed by atoms with Crippen LogP contribution < -0.4 is 21.3 Å². The van der Waals surface area contributed by atoms with Gasteiger partial charge in [-0.3, -0.25) is 9.78 Å². The molecule has 5 rings (SSSR count). The summed E-state index contributed by atoms with van der Waals surface area (Å²) in [4.78, 5) is 32.2. The van der Waals surface area contributed by atoms with Crippen molar-refractivity contribution in [1.29, 1.82) is 0 Å². The van der Waals surface area contributed by atoms with Gasteiger partial charge in [0.25, 0.3) is 0 Å². The monoisotopic (exact) mass is 482 g/mol. The van der Waals surface area contributed by atoms with E-state index >= 15 is 0 Å². The average Bonchev–Trinajstić information content (AvgIpc) is 2.93. The Morgan fingerprint density at radius 2 is 2.08 bits per heavy atom. The highest BCUT2D eigenvalue weighted by atomic mass is 16.5. The number of nitrogens with one attached hydrogen (secondary N) is 2. The number of nitrogens with two attached hydrogens (primary N) is 1. The number of aromatic nitrogens is 4. The minimum absolute atomic E-state index is 0.115. The number of para-hydroxylation sites is 1. The fourth-order valence-electron chi connectivity index (χ4n) is 4.08. The number of carbonyl (C=O) groups is 1. The highest BCUT2D eigenvalue weighted by Crippen LogP contribution is 2.28. The summed E-state index contributed by atoms with van der Waals surface area (Å²) in [5.41, 5.74) is 9.51. The van der Waals surface area contributed by atoms with Crippen molar-refractivity contribution in [2.75, 3.05) is 41.8 Å². The van der Waals surface area contributed by atoms with Crippen LogP contribution in [0.5, 0.6) is 0 Å². The number of ether oxygens (including phenoxy) is 1. The van der Waals surface area contributed by atoms with E-state index in [4.69, 9.17) is 15.5 Å². The van der Waals surface area contributed by atoms with E-state index in [1.54, 1.807) is 30.7 Å². The lowest BCUT2D eigenvalue weighted by atomic mass is 10.1. The largest absolute Gasteiger partial charge is 0.377 e. The van der Waals surface area contributed by atoms with Crippen LogP contribution in [0.25, 0.3) is 22.2 Å². The summed E-state index contributed by atoms with van der Waals surface area (Å²) < 4.78 is 5.53. The molecule has 3 aromatic heterocycles. The van der Waals surface area contributed by atoms with Crippen molar-refractivity contribution in [3.05, 3.63) is 73.7 Å². The molecular weight excluding hydrogens is 456 g/mol. The first-order chi connectivity index (χ1) is 17.6. The van der Waals surface area contributed by atoms with Crippen molar-refractivity contribution < 1.29 is 9.53 Å². The lowest BCUT2D eigenvalue weighted by Gasteiger charge is -2.35. The summed E-state index contributed by atoms with van der Waals surface area (Å²) in [5, 5.41) is 6.87. The molecule has 0 bridgehead atoms. The van der Waals surface area contributed by atoms with Crippen molar-refractivity contribution in [3.8, 4) is 11.3 Å². The molecule has 4 N–H and O–H groups in total. The Bertz CT molecular complexity index is 1390. The summed E-state index contributed by atoms with van der Waals surface area (Å²) >= 11 is 0. The summed E-state index contributed by atoms with van der Waals surface area (Å²) in [6, 6.07) is 13.3. The first-order valence-electron chi connectivity index (χ1n) is 11.6. The average molecular weight is 483 g/mol. The van der Waals surface area contributed by atoms with Gasteiger partial charge in [0, 0.05) is 42.1 Å². The van der Waals surface area contributed by atoms with E-state index in [-0.39, 0.29) is 11.9 Å². The van der Waals surface area contributed by atoms with Gasteiger partial charge in [-0.1, -0.05) is 24.8 Å². The number of rotatable bonds is 7. The molecule has 1 atom stereocenters. The maximum absolute atomic E-state index is 11.7. The number of pyridine rings is 2. The maximum Gasteiger partial charge on any atom is 0.247 e. The third kappa shape index (κ3) is 4.99. The van der Waals surface area contributed by atoms with E-state index in [1.165, 1.54) is 6.08 Å². The molecule has 1 aromatic carbocycles. The number of carbonyl (C=O) groups excluding carboxylic acids is 1. The van der Waals surface area contributed by atoms with Crippen LogP contribution in [-0.2, 0) is 9.53 Å². The van der Waals surface area contributed by atoms with Crippen molar-refractivity contribution in [3.63, 3.8) is 0 Å². The zero-order valence-electron chi connectivity index (χ0n) is 19.6. The third-order valence-corrected chi connectivity index (χ3v) is 5.90. The molecule has 1 unspecified atom stereocenters. The summed E-state index contributed by atoms with van der Waals surface area (Å²) in [6.07, 6.45) is 6.39. The Hall–Kier alpha value is -4.41. The number of hydrogen-bond donors (Lipinski definition) is 3. The minimum atomic E-state index is -0.286. The number of amides is 1. The van der Waals surface area contributed by atoms with Crippen molar-refractivity contribution in [2.24, 2.45) is 5.73 Å². The molecule has 1 aliphatic heterocycles. The van der Waals surface area contributed by atoms with Gasteiger partial charge in [0.15, 0.2) is 0 Å². The molecule has 1 saturated heterocycles. The number of nitrogens with zero attached hydrogens (tertiary/aromatic N) is 5. The zero-order valence-corrected chi connectivity index (χ0v) is 19.6. The van der Waals surface area contributed by atoms with Crippen molar-refractivity contribution in [2.45, 2.75) is 6.04 Å². The van der Waals surface area contributed by atoms with Crippen LogP contribution in [0.15, 0.2) is 73.7 Å². The second-order valence-electron chi connectivity index (χ2n) is 8.25. The SMILES string of the molecule is C=CC(=O)Nc1ccnc(-c2cccc3cnc(Nc4ccc(N5CCOCC5CN)nc4)nc23)c1. The molecule has 4 aromatic rings. The first kappa shape index (κ1) is 23.3. The third-order valence-electron chi connectivity index (χ3n) is 5.90. The molecule has 1 amide bonds. The van der Waals surface area contributed by atoms with Gasteiger partial charge in [-0.15, -0.1) is 0 Å². The van der Waals surface area contributed by atoms with Crippen LogP contribution in [0.4, 0.5) is 23.1 Å². The molecule has 1 aliphatic rings. The fraction of sp³-hybridized carbons (Fsp3) is 0.192. The van der Waals surface area contributed by atoms with Crippen LogP contribution in [-0.4, -0.2) is 58.2 Å². The number of anilines is 4. The quantitative estimate of drug-likeness (QED) is 0.340. The molecule has 0 spiro atoms. The normalized spacial score (nSPS) is 15.5. The summed E-state index contributed by atoms with van der Waals surface area (Å²) in [6.45, 7) is 6.01. The number of hydrogen-bond acceptors (Lipinski definition) is 9. The molecular formula is C26H26N8O2. The predicted octanol–water partition coefficient (Wildman–Crippen LogP) is 3.12. The molecule has 0 aliphatic carbocycles. The topological polar surface area (TPSA) is 131 Å². The standard InChI is InChI=1S/C26H26N8O2/c1-2-24(35)31-18-8-9-28-22(12-18)21-5-3-4-17-14-30-26(33-25(17)21)32-19-6-7-23(29-15-19)34-10-11-36-16-20(34)13-27/h2-9,12,14-15,20H,1,10-11,13,16,27H2,(H,28,31,35)(H,30,32,33). The fourth-order valence-corrected chi connectivity index (χ4v) is 4.08. The molecule has 1 fully saturated rings. The summed E-state index contributed by atoms with van der Waals surface area (Å²) in [7, 11) is 0. The molecule has 10 heteroatoms. The minimum Gasteiger partial charge on any atom is -0.377 e.